The number of carbonyl (C=O) groups is 1. The van der Waals surface area contributed by atoms with E-state index in [1.807, 2.05) is 30.3 Å². The number of para-hydroxylation sites is 1. The molecule has 0 aliphatic rings. The van der Waals surface area contributed by atoms with Crippen LogP contribution in [0, 0.1) is 6.92 Å². The molecule has 4 heteroatoms. The van der Waals surface area contributed by atoms with Crippen LogP contribution in [0.5, 0.6) is 11.5 Å². The number of aryl methyl sites for hydroxylation is 1. The van der Waals surface area contributed by atoms with Gasteiger partial charge in [-0.3, -0.25) is 0 Å². The molecular weight excluding hydrogens is 338 g/mol. The Kier molecular flexibility index (Phi) is 5.89. The highest BCUT2D eigenvalue weighted by Crippen LogP contribution is 2.31. The highest BCUT2D eigenvalue weighted by atomic mass is 16.5. The second kappa shape index (κ2) is 8.52. The third-order valence-corrected chi connectivity index (χ3v) is 4.24. The first-order valence-electron chi connectivity index (χ1n) is 8.96. The van der Waals surface area contributed by atoms with Gasteiger partial charge in [-0.15, -0.1) is 0 Å². The minimum atomic E-state index is -0.400. The second-order valence-electron chi connectivity index (χ2n) is 6.21. The van der Waals surface area contributed by atoms with Crippen LogP contribution in [0.15, 0.2) is 66.7 Å². The van der Waals surface area contributed by atoms with E-state index < -0.39 is 5.97 Å². The van der Waals surface area contributed by atoms with Crippen molar-refractivity contribution in [2.75, 3.05) is 6.61 Å². The van der Waals surface area contributed by atoms with Crippen LogP contribution in [0.4, 0.5) is 0 Å². The Morgan fingerprint density at radius 2 is 1.81 bits per heavy atom. The zero-order valence-corrected chi connectivity index (χ0v) is 15.6. The van der Waals surface area contributed by atoms with Crippen molar-refractivity contribution in [3.05, 3.63) is 83.4 Å². The van der Waals surface area contributed by atoms with E-state index in [-0.39, 0.29) is 0 Å². The van der Waals surface area contributed by atoms with Crippen molar-refractivity contribution in [1.29, 1.82) is 0 Å². The molecule has 0 saturated carbocycles. The molecule has 3 aromatic rings. The largest absolute Gasteiger partial charge is 0.462 e. The molecule has 3 rings (SSSR count). The van der Waals surface area contributed by atoms with Crippen molar-refractivity contribution < 1.29 is 14.3 Å². The first-order chi connectivity index (χ1) is 13.1. The molecular formula is C23H23NO3. The topological polar surface area (TPSA) is 61.5 Å². The summed E-state index contributed by atoms with van der Waals surface area (Å²) in [6.45, 7) is 4.55. The van der Waals surface area contributed by atoms with Gasteiger partial charge in [0.25, 0.3) is 0 Å². The maximum atomic E-state index is 12.1. The van der Waals surface area contributed by atoms with Gasteiger partial charge in [0.2, 0.25) is 0 Å². The summed E-state index contributed by atoms with van der Waals surface area (Å²) in [5, 5.41) is 0. The molecule has 0 spiro atoms. The molecule has 3 aromatic carbocycles. The van der Waals surface area contributed by atoms with Crippen LogP contribution in [-0.2, 0) is 11.3 Å². The van der Waals surface area contributed by atoms with Gasteiger partial charge in [-0.25, -0.2) is 4.79 Å². The summed E-state index contributed by atoms with van der Waals surface area (Å²) < 4.78 is 11.1. The highest BCUT2D eigenvalue weighted by Gasteiger charge is 2.14. The van der Waals surface area contributed by atoms with Gasteiger partial charge in [-0.2, -0.15) is 0 Å². The summed E-state index contributed by atoms with van der Waals surface area (Å²) >= 11 is 0. The summed E-state index contributed by atoms with van der Waals surface area (Å²) in [4.78, 5) is 12.1. The van der Waals surface area contributed by atoms with E-state index in [0.717, 1.165) is 16.7 Å². The van der Waals surface area contributed by atoms with Gasteiger partial charge in [0.05, 0.1) is 6.61 Å². The van der Waals surface area contributed by atoms with Crippen molar-refractivity contribution >= 4 is 5.97 Å². The molecule has 0 aliphatic carbocycles. The van der Waals surface area contributed by atoms with Crippen LogP contribution in [0.3, 0.4) is 0 Å². The second-order valence-corrected chi connectivity index (χ2v) is 6.21. The number of ether oxygens (including phenoxy) is 2. The minimum Gasteiger partial charge on any atom is -0.462 e. The monoisotopic (exact) mass is 361 g/mol. The molecule has 0 heterocycles. The molecule has 0 aromatic heterocycles. The summed E-state index contributed by atoms with van der Waals surface area (Å²) in [5.41, 5.74) is 10.7. The lowest BCUT2D eigenvalue weighted by Crippen LogP contribution is -2.06. The van der Waals surface area contributed by atoms with Crippen molar-refractivity contribution in [3.63, 3.8) is 0 Å². The van der Waals surface area contributed by atoms with E-state index in [1.165, 1.54) is 5.56 Å². The molecule has 0 bridgehead atoms. The predicted molar refractivity (Wildman–Crippen MR) is 107 cm³/mol. The number of nitrogens with two attached hydrogens (primary N) is 1. The van der Waals surface area contributed by atoms with Gasteiger partial charge in [-0.05, 0) is 54.8 Å². The van der Waals surface area contributed by atoms with E-state index in [9.17, 15) is 4.79 Å². The highest BCUT2D eigenvalue weighted by molar-refractivity contribution is 5.92. The Morgan fingerprint density at radius 1 is 1.00 bits per heavy atom. The molecule has 4 nitrogen and oxygen atoms in total. The fraction of sp³-hybridized carbons (Fsp3) is 0.174. The zero-order chi connectivity index (χ0) is 19.2. The van der Waals surface area contributed by atoms with Gasteiger partial charge in [0.1, 0.15) is 17.1 Å². The number of rotatable bonds is 6. The van der Waals surface area contributed by atoms with Crippen LogP contribution in [-0.4, -0.2) is 12.6 Å². The SMILES string of the molecule is CCOC(=O)c1ccccc1Oc1ccc(-c2cccc(C)c2)c(CN)c1. The molecule has 0 unspecified atom stereocenters. The Bertz CT molecular complexity index is 950. The molecule has 0 atom stereocenters. The van der Waals surface area contributed by atoms with Gasteiger partial charge < -0.3 is 15.2 Å². The van der Waals surface area contributed by atoms with Crippen LogP contribution in [0.2, 0.25) is 0 Å². The van der Waals surface area contributed by atoms with E-state index in [2.05, 4.69) is 25.1 Å². The van der Waals surface area contributed by atoms with Crippen molar-refractivity contribution in [2.45, 2.75) is 20.4 Å². The van der Waals surface area contributed by atoms with Gasteiger partial charge in [0, 0.05) is 6.54 Å². The van der Waals surface area contributed by atoms with E-state index in [4.69, 9.17) is 15.2 Å². The van der Waals surface area contributed by atoms with E-state index >= 15 is 0 Å². The summed E-state index contributed by atoms with van der Waals surface area (Å²) in [5.74, 6) is 0.689. The predicted octanol–water partition coefficient (Wildman–Crippen LogP) is 5.09. The van der Waals surface area contributed by atoms with Crippen LogP contribution in [0.1, 0.15) is 28.4 Å². The fourth-order valence-electron chi connectivity index (χ4n) is 2.96. The summed E-state index contributed by atoms with van der Waals surface area (Å²) in [7, 11) is 0. The zero-order valence-electron chi connectivity index (χ0n) is 15.6. The maximum absolute atomic E-state index is 12.1. The molecule has 0 radical (unpaired) electrons. The molecule has 0 aliphatic heterocycles. The molecule has 27 heavy (non-hydrogen) atoms. The summed E-state index contributed by atoms with van der Waals surface area (Å²) in [6.07, 6.45) is 0. The first kappa shape index (κ1) is 18.7. The molecule has 2 N–H and O–H groups in total. The maximum Gasteiger partial charge on any atom is 0.341 e. The minimum absolute atomic E-state index is 0.315. The van der Waals surface area contributed by atoms with Gasteiger partial charge >= 0.3 is 5.97 Å². The van der Waals surface area contributed by atoms with Crippen LogP contribution < -0.4 is 10.5 Å². The van der Waals surface area contributed by atoms with Crippen molar-refractivity contribution in [1.82, 2.24) is 0 Å². The average molecular weight is 361 g/mol. The third kappa shape index (κ3) is 4.36. The Labute approximate surface area is 159 Å². The molecule has 0 fully saturated rings. The van der Waals surface area contributed by atoms with Crippen LogP contribution >= 0.6 is 0 Å². The summed E-state index contributed by atoms with van der Waals surface area (Å²) in [6, 6.07) is 21.1. The lowest BCUT2D eigenvalue weighted by Gasteiger charge is -2.14. The van der Waals surface area contributed by atoms with E-state index in [1.54, 1.807) is 25.1 Å². The third-order valence-electron chi connectivity index (χ3n) is 4.24. The standard InChI is InChI=1S/C23H23NO3/c1-3-26-23(25)21-9-4-5-10-22(21)27-19-11-12-20(18(14-19)15-24)17-8-6-7-16(2)13-17/h4-14H,3,15,24H2,1-2H3. The molecule has 138 valence electrons. The van der Waals surface area contributed by atoms with Crippen molar-refractivity contribution in [2.24, 2.45) is 5.73 Å². The Morgan fingerprint density at radius 3 is 2.56 bits per heavy atom. The molecule has 0 amide bonds. The smallest absolute Gasteiger partial charge is 0.341 e. The average Bonchev–Trinajstić information content (AvgIpc) is 2.68. The number of benzene rings is 3. The number of carbonyl (C=O) groups excluding carboxylic acids is 1. The van der Waals surface area contributed by atoms with Gasteiger partial charge in [0.15, 0.2) is 0 Å². The normalized spacial score (nSPS) is 10.5. The van der Waals surface area contributed by atoms with Crippen LogP contribution in [0.25, 0.3) is 11.1 Å². The fourth-order valence-corrected chi connectivity index (χ4v) is 2.96. The Hall–Kier alpha value is -3.11. The van der Waals surface area contributed by atoms with Gasteiger partial charge in [-0.1, -0.05) is 48.0 Å². The lowest BCUT2D eigenvalue weighted by atomic mass is 9.98. The number of hydrogen-bond donors (Lipinski definition) is 1. The van der Waals surface area contributed by atoms with Crippen molar-refractivity contribution in [3.8, 4) is 22.6 Å². The number of hydrogen-bond acceptors (Lipinski definition) is 4. The number of esters is 1. The molecule has 0 saturated heterocycles. The quantitative estimate of drug-likeness (QED) is 0.621. The Balaban J connectivity index is 1.93. The van der Waals surface area contributed by atoms with E-state index in [0.29, 0.717) is 30.2 Å². The first-order valence-corrected chi connectivity index (χ1v) is 8.96. The lowest BCUT2D eigenvalue weighted by molar-refractivity contribution is 0.0523.